The van der Waals surface area contributed by atoms with Crippen LogP contribution in [0.5, 0.6) is 0 Å². The summed E-state index contributed by atoms with van der Waals surface area (Å²) in [6.45, 7) is 5.17. The molecule has 0 aliphatic rings. The standard InChI is InChI=1S/C7H13NO4S.Li.H/c1-6(2)7(9)8-4-3-5-13(10,11)12;;/h1,3-5H2,2H3,(H,8,9)(H,10,11,12);;/q;+1;-1. The third-order valence-electron chi connectivity index (χ3n) is 1.25. The van der Waals surface area contributed by atoms with Gasteiger partial charge in [0.2, 0.25) is 5.91 Å². The Morgan fingerprint density at radius 3 is 2.43 bits per heavy atom. The zero-order valence-corrected chi connectivity index (χ0v) is 9.23. The molecule has 14 heavy (non-hydrogen) atoms. The average Bonchev–Trinajstić information content (AvgIpc) is 1.95. The molecule has 0 spiro atoms. The molecule has 0 saturated carbocycles. The Bertz CT molecular complexity index is 304. The molecule has 1 amide bonds. The molecule has 0 fully saturated rings. The van der Waals surface area contributed by atoms with Crippen LogP contribution in [0.3, 0.4) is 0 Å². The second-order valence-corrected chi connectivity index (χ2v) is 4.25. The van der Waals surface area contributed by atoms with Crippen LogP contribution < -0.4 is 24.2 Å². The molecule has 0 saturated heterocycles. The summed E-state index contributed by atoms with van der Waals surface area (Å²) >= 11 is 0. The van der Waals surface area contributed by atoms with Gasteiger partial charge in [0.05, 0.1) is 5.75 Å². The molecule has 2 N–H and O–H groups in total. The van der Waals surface area contributed by atoms with E-state index < -0.39 is 10.1 Å². The van der Waals surface area contributed by atoms with Gasteiger partial charge in [0.1, 0.15) is 0 Å². The summed E-state index contributed by atoms with van der Waals surface area (Å²) in [5.41, 5.74) is 0.367. The quantitative estimate of drug-likeness (QED) is 0.223. The van der Waals surface area contributed by atoms with Crippen LogP contribution in [0, 0.1) is 0 Å². The SMILES string of the molecule is C=C(C)C(=O)NCCCS(=O)(=O)O.[H-].[Li+]. The topological polar surface area (TPSA) is 83.5 Å². The fourth-order valence-electron chi connectivity index (χ4n) is 0.607. The summed E-state index contributed by atoms with van der Waals surface area (Å²) < 4.78 is 28.8. The third kappa shape index (κ3) is 9.80. The van der Waals surface area contributed by atoms with Crippen molar-refractivity contribution in [1.82, 2.24) is 5.32 Å². The summed E-state index contributed by atoms with van der Waals surface area (Å²) in [5.74, 6) is -0.654. The number of carbonyl (C=O) groups is 1. The van der Waals surface area contributed by atoms with Crippen molar-refractivity contribution >= 4 is 16.0 Å². The van der Waals surface area contributed by atoms with Gasteiger partial charge in [0.15, 0.2) is 0 Å². The van der Waals surface area contributed by atoms with Gasteiger partial charge in [0, 0.05) is 12.1 Å². The first-order chi connectivity index (χ1) is 5.83. The summed E-state index contributed by atoms with van der Waals surface area (Å²) in [7, 11) is -3.92. The Kier molecular flexibility index (Phi) is 8.16. The molecule has 0 atom stereocenters. The molecule has 78 valence electrons. The monoisotopic (exact) mass is 215 g/mol. The van der Waals surface area contributed by atoms with Crippen LogP contribution in [0.15, 0.2) is 12.2 Å². The van der Waals surface area contributed by atoms with Crippen LogP contribution in [0.1, 0.15) is 14.8 Å². The van der Waals surface area contributed by atoms with Crippen LogP contribution in [0.4, 0.5) is 0 Å². The van der Waals surface area contributed by atoms with E-state index in [1.165, 1.54) is 0 Å². The van der Waals surface area contributed by atoms with Crippen molar-refractivity contribution in [2.75, 3.05) is 12.3 Å². The van der Waals surface area contributed by atoms with Crippen molar-refractivity contribution in [3.63, 3.8) is 0 Å². The van der Waals surface area contributed by atoms with Gasteiger partial charge >= 0.3 is 18.9 Å². The molecule has 0 radical (unpaired) electrons. The number of carbonyl (C=O) groups excluding carboxylic acids is 1. The number of hydrogen-bond donors (Lipinski definition) is 2. The predicted molar refractivity (Wildman–Crippen MR) is 50.0 cm³/mol. The van der Waals surface area contributed by atoms with Crippen LogP contribution in [-0.2, 0) is 14.9 Å². The van der Waals surface area contributed by atoms with Gasteiger partial charge in [-0.3, -0.25) is 9.35 Å². The minimum Gasteiger partial charge on any atom is -1.00 e. The van der Waals surface area contributed by atoms with Crippen LogP contribution in [-0.4, -0.2) is 31.2 Å². The van der Waals surface area contributed by atoms with Gasteiger partial charge in [-0.2, -0.15) is 8.42 Å². The first-order valence-corrected chi connectivity index (χ1v) is 5.32. The van der Waals surface area contributed by atoms with Crippen molar-refractivity contribution in [2.45, 2.75) is 13.3 Å². The molecule has 0 aromatic rings. The van der Waals surface area contributed by atoms with E-state index in [4.69, 9.17) is 4.55 Å². The van der Waals surface area contributed by atoms with E-state index in [1.54, 1.807) is 6.92 Å². The van der Waals surface area contributed by atoms with Gasteiger partial charge in [0.25, 0.3) is 10.1 Å². The molecular formula is C7H14LiNO4S. The Labute approximate surface area is 97.4 Å². The number of nitrogens with one attached hydrogen (secondary N) is 1. The molecule has 0 rings (SSSR count). The van der Waals surface area contributed by atoms with E-state index in [2.05, 4.69) is 11.9 Å². The minimum atomic E-state index is -3.92. The second kappa shape index (κ2) is 7.07. The Balaban J connectivity index is -0.000000720. The van der Waals surface area contributed by atoms with Crippen molar-refractivity contribution < 1.29 is 38.1 Å². The van der Waals surface area contributed by atoms with Crippen molar-refractivity contribution in [1.29, 1.82) is 0 Å². The molecular weight excluding hydrogens is 201 g/mol. The molecule has 0 aliphatic carbocycles. The maximum Gasteiger partial charge on any atom is 1.00 e. The molecule has 0 aliphatic heterocycles. The van der Waals surface area contributed by atoms with Crippen molar-refractivity contribution in [2.24, 2.45) is 0 Å². The number of amides is 1. The molecule has 7 heteroatoms. The first-order valence-electron chi connectivity index (χ1n) is 3.72. The van der Waals surface area contributed by atoms with E-state index in [0.29, 0.717) is 5.57 Å². The smallest absolute Gasteiger partial charge is 1.00 e. The maximum atomic E-state index is 10.8. The fraction of sp³-hybridized carbons (Fsp3) is 0.571. The predicted octanol–water partition coefficient (Wildman–Crippen LogP) is -2.93. The average molecular weight is 215 g/mol. The Hall–Kier alpha value is -0.283. The van der Waals surface area contributed by atoms with E-state index in [0.717, 1.165) is 0 Å². The zero-order chi connectivity index (χ0) is 10.5. The Morgan fingerprint density at radius 1 is 1.57 bits per heavy atom. The first kappa shape index (κ1) is 16.2. The van der Waals surface area contributed by atoms with Crippen LogP contribution in [0.2, 0.25) is 0 Å². The van der Waals surface area contributed by atoms with Gasteiger partial charge in [-0.15, -0.1) is 0 Å². The maximum absolute atomic E-state index is 10.8. The fourth-order valence-corrected chi connectivity index (χ4v) is 1.12. The normalized spacial score (nSPS) is 10.1. The molecule has 0 bridgehead atoms. The van der Waals surface area contributed by atoms with Gasteiger partial charge in [-0.05, 0) is 13.3 Å². The minimum absolute atomic E-state index is 0. The number of rotatable bonds is 5. The van der Waals surface area contributed by atoms with E-state index >= 15 is 0 Å². The molecule has 5 nitrogen and oxygen atoms in total. The number of hydrogen-bond acceptors (Lipinski definition) is 3. The van der Waals surface area contributed by atoms with E-state index in [-0.39, 0.29) is 44.9 Å². The summed E-state index contributed by atoms with van der Waals surface area (Å²) in [5, 5.41) is 2.44. The largest absolute Gasteiger partial charge is 1.00 e. The molecule has 0 aromatic carbocycles. The summed E-state index contributed by atoms with van der Waals surface area (Å²) in [4.78, 5) is 10.8. The molecule has 0 heterocycles. The van der Waals surface area contributed by atoms with Crippen LogP contribution >= 0.6 is 0 Å². The van der Waals surface area contributed by atoms with Gasteiger partial charge < -0.3 is 6.74 Å². The summed E-state index contributed by atoms with van der Waals surface area (Å²) in [6.07, 6.45) is 0.192. The molecule has 0 aromatic heterocycles. The molecule has 0 unspecified atom stereocenters. The van der Waals surface area contributed by atoms with Gasteiger partial charge in [-0.1, -0.05) is 6.58 Å². The van der Waals surface area contributed by atoms with Crippen molar-refractivity contribution in [3.8, 4) is 0 Å². The van der Waals surface area contributed by atoms with Crippen LogP contribution in [0.25, 0.3) is 0 Å². The van der Waals surface area contributed by atoms with E-state index in [1.807, 2.05) is 0 Å². The van der Waals surface area contributed by atoms with E-state index in [9.17, 15) is 13.2 Å². The van der Waals surface area contributed by atoms with Gasteiger partial charge in [-0.25, -0.2) is 0 Å². The third-order valence-corrected chi connectivity index (χ3v) is 2.06. The van der Waals surface area contributed by atoms with Crippen molar-refractivity contribution in [3.05, 3.63) is 12.2 Å². The Morgan fingerprint density at radius 2 is 2.07 bits per heavy atom. The zero-order valence-electron chi connectivity index (χ0n) is 9.41. The summed E-state index contributed by atoms with van der Waals surface area (Å²) in [6, 6.07) is 0. The second-order valence-electron chi connectivity index (χ2n) is 2.68.